The van der Waals surface area contributed by atoms with Crippen LogP contribution in [-0.4, -0.2) is 39.9 Å². The Morgan fingerprint density at radius 2 is 1.88 bits per heavy atom. The van der Waals surface area contributed by atoms with Gasteiger partial charge in [0.05, 0.1) is 5.52 Å². The third-order valence-electron chi connectivity index (χ3n) is 4.72. The van der Waals surface area contributed by atoms with E-state index in [-0.39, 0.29) is 23.0 Å². The van der Waals surface area contributed by atoms with Gasteiger partial charge >= 0.3 is 0 Å². The Bertz CT molecular complexity index is 933. The van der Waals surface area contributed by atoms with Crippen molar-refractivity contribution in [3.8, 4) is 0 Å². The maximum atomic E-state index is 13.8. The van der Waals surface area contributed by atoms with Crippen molar-refractivity contribution in [3.63, 3.8) is 0 Å². The average molecular weight is 356 g/mol. The van der Waals surface area contributed by atoms with Crippen molar-refractivity contribution in [2.45, 2.75) is 18.9 Å². The summed E-state index contributed by atoms with van der Waals surface area (Å²) in [5, 5.41) is 3.66. The van der Waals surface area contributed by atoms with Crippen LogP contribution in [0.2, 0.25) is 0 Å². The van der Waals surface area contributed by atoms with Crippen LogP contribution < -0.4 is 5.32 Å². The summed E-state index contributed by atoms with van der Waals surface area (Å²) in [7, 11) is 0. The molecule has 1 fully saturated rings. The zero-order chi connectivity index (χ0) is 18.1. The number of nitrogens with one attached hydrogen (secondary N) is 2. The van der Waals surface area contributed by atoms with Gasteiger partial charge in [-0.1, -0.05) is 0 Å². The summed E-state index contributed by atoms with van der Waals surface area (Å²) in [6.07, 6.45) is 5.10. The molecular formula is C19H18F2N4O. The number of nitrogens with zero attached hydrogens (tertiary/aromatic N) is 2. The summed E-state index contributed by atoms with van der Waals surface area (Å²) in [5.41, 5.74) is 1.59. The molecule has 1 amide bonds. The molecule has 1 aliphatic heterocycles. The van der Waals surface area contributed by atoms with E-state index < -0.39 is 11.6 Å². The molecule has 3 aromatic rings. The van der Waals surface area contributed by atoms with Crippen LogP contribution >= 0.6 is 0 Å². The fourth-order valence-corrected chi connectivity index (χ4v) is 3.36. The molecule has 0 unspecified atom stereocenters. The van der Waals surface area contributed by atoms with E-state index in [0.29, 0.717) is 18.6 Å². The predicted octanol–water partition coefficient (Wildman–Crippen LogP) is 3.56. The number of carbonyl (C=O) groups excluding carboxylic acids is 1. The van der Waals surface area contributed by atoms with Gasteiger partial charge in [0.15, 0.2) is 0 Å². The van der Waals surface area contributed by atoms with Gasteiger partial charge in [0.1, 0.15) is 17.3 Å². The van der Waals surface area contributed by atoms with E-state index in [1.807, 2.05) is 12.1 Å². The molecule has 4 rings (SSSR count). The van der Waals surface area contributed by atoms with Crippen LogP contribution in [0.5, 0.6) is 0 Å². The van der Waals surface area contributed by atoms with Crippen LogP contribution in [-0.2, 0) is 0 Å². The molecule has 0 spiro atoms. The molecule has 5 nitrogen and oxygen atoms in total. The lowest BCUT2D eigenvalue weighted by atomic mass is 10.0. The Labute approximate surface area is 149 Å². The molecular weight excluding hydrogens is 338 g/mol. The molecule has 3 heterocycles. The number of pyridine rings is 1. The van der Waals surface area contributed by atoms with Crippen LogP contribution in [0.1, 0.15) is 23.3 Å². The van der Waals surface area contributed by atoms with Gasteiger partial charge in [-0.05, 0) is 37.1 Å². The molecule has 1 aromatic carbocycles. The predicted molar refractivity (Wildman–Crippen MR) is 95.0 cm³/mol. The van der Waals surface area contributed by atoms with Crippen molar-refractivity contribution < 1.29 is 13.6 Å². The van der Waals surface area contributed by atoms with E-state index in [4.69, 9.17) is 0 Å². The maximum Gasteiger partial charge on any atom is 0.270 e. The largest absolute Gasteiger partial charge is 0.382 e. The minimum atomic E-state index is -0.671. The number of hydrogen-bond donors (Lipinski definition) is 2. The summed E-state index contributed by atoms with van der Waals surface area (Å²) in [5.74, 6) is -1.53. The average Bonchev–Trinajstić information content (AvgIpc) is 3.07. The second-order valence-electron chi connectivity index (χ2n) is 6.48. The lowest BCUT2D eigenvalue weighted by Crippen LogP contribution is -2.42. The monoisotopic (exact) mass is 356 g/mol. The quantitative estimate of drug-likeness (QED) is 0.754. The van der Waals surface area contributed by atoms with E-state index in [0.717, 1.165) is 24.6 Å². The Morgan fingerprint density at radius 3 is 2.62 bits per heavy atom. The number of likely N-dealkylation sites (tertiary alicyclic amines) is 1. The number of benzene rings is 1. The van der Waals surface area contributed by atoms with Crippen LogP contribution in [0.15, 0.2) is 42.7 Å². The van der Waals surface area contributed by atoms with Gasteiger partial charge in [-0.25, -0.2) is 8.78 Å². The number of H-pyrrole nitrogens is 1. The summed E-state index contributed by atoms with van der Waals surface area (Å²) in [6, 6.07) is 7.58. The summed E-state index contributed by atoms with van der Waals surface area (Å²) in [4.78, 5) is 21.2. The normalized spacial score (nSPS) is 15.4. The lowest BCUT2D eigenvalue weighted by Gasteiger charge is -2.32. The van der Waals surface area contributed by atoms with Crippen molar-refractivity contribution in [1.29, 1.82) is 0 Å². The zero-order valence-electron chi connectivity index (χ0n) is 14.0. The smallest absolute Gasteiger partial charge is 0.270 e. The van der Waals surface area contributed by atoms with Gasteiger partial charge in [-0.3, -0.25) is 9.78 Å². The molecule has 0 saturated carbocycles. The molecule has 0 atom stereocenters. The number of aromatic amines is 1. The topological polar surface area (TPSA) is 61.0 Å². The number of anilines is 1. The Kier molecular flexibility index (Phi) is 4.28. The first kappa shape index (κ1) is 16.5. The van der Waals surface area contributed by atoms with Gasteiger partial charge < -0.3 is 15.2 Å². The third kappa shape index (κ3) is 3.24. The molecule has 1 aliphatic rings. The van der Waals surface area contributed by atoms with Crippen LogP contribution in [0.4, 0.5) is 14.5 Å². The summed E-state index contributed by atoms with van der Waals surface area (Å²) >= 11 is 0. The number of rotatable bonds is 3. The molecule has 0 aliphatic carbocycles. The van der Waals surface area contributed by atoms with Crippen molar-refractivity contribution in [2.75, 3.05) is 18.4 Å². The fraction of sp³-hybridized carbons (Fsp3) is 0.263. The second-order valence-corrected chi connectivity index (χ2v) is 6.48. The first-order chi connectivity index (χ1) is 12.6. The highest BCUT2D eigenvalue weighted by atomic mass is 19.1. The highest BCUT2D eigenvalue weighted by molar-refractivity contribution is 5.98. The van der Waals surface area contributed by atoms with Crippen molar-refractivity contribution in [2.24, 2.45) is 0 Å². The van der Waals surface area contributed by atoms with E-state index in [2.05, 4.69) is 15.3 Å². The highest BCUT2D eigenvalue weighted by Crippen LogP contribution is 2.23. The van der Waals surface area contributed by atoms with Gasteiger partial charge in [-0.15, -0.1) is 0 Å². The van der Waals surface area contributed by atoms with Crippen molar-refractivity contribution in [3.05, 3.63) is 60.1 Å². The molecule has 2 N–H and O–H groups in total. The number of halogens is 2. The number of amides is 1. The van der Waals surface area contributed by atoms with Crippen molar-refractivity contribution >= 4 is 22.5 Å². The molecule has 0 bridgehead atoms. The summed E-state index contributed by atoms with van der Waals surface area (Å²) in [6.45, 7) is 1.21. The summed E-state index contributed by atoms with van der Waals surface area (Å²) < 4.78 is 27.1. The lowest BCUT2D eigenvalue weighted by molar-refractivity contribution is 0.0713. The van der Waals surface area contributed by atoms with Crippen LogP contribution in [0.25, 0.3) is 10.9 Å². The zero-order valence-corrected chi connectivity index (χ0v) is 14.0. The maximum absolute atomic E-state index is 13.8. The van der Waals surface area contributed by atoms with Gasteiger partial charge in [0.25, 0.3) is 5.91 Å². The standard InChI is InChI=1S/C19H18F2N4O/c20-12-9-16(21)15-11-18(24-17(15)10-12)19(26)25-7-3-14(4-8-25)23-13-1-5-22-6-2-13/h1-2,5-6,9-11,14,24H,3-4,7-8H2,(H,22,23). The molecule has 0 radical (unpaired) electrons. The highest BCUT2D eigenvalue weighted by Gasteiger charge is 2.25. The molecule has 26 heavy (non-hydrogen) atoms. The van der Waals surface area contributed by atoms with Gasteiger partial charge in [0, 0.05) is 48.7 Å². The minimum absolute atomic E-state index is 0.191. The third-order valence-corrected chi connectivity index (χ3v) is 4.72. The van der Waals surface area contributed by atoms with Crippen LogP contribution in [0.3, 0.4) is 0 Å². The number of aromatic nitrogens is 2. The molecule has 7 heteroatoms. The van der Waals surface area contributed by atoms with E-state index in [9.17, 15) is 13.6 Å². The second kappa shape index (κ2) is 6.74. The van der Waals surface area contributed by atoms with E-state index in [1.54, 1.807) is 17.3 Å². The molecule has 1 saturated heterocycles. The Hall–Kier alpha value is -2.96. The first-order valence-electron chi connectivity index (χ1n) is 8.54. The van der Waals surface area contributed by atoms with E-state index >= 15 is 0 Å². The number of piperidine rings is 1. The SMILES string of the molecule is O=C(c1cc2c(F)cc(F)cc2[nH]1)N1CCC(Nc2ccncc2)CC1. The minimum Gasteiger partial charge on any atom is -0.382 e. The Balaban J connectivity index is 1.43. The fourth-order valence-electron chi connectivity index (χ4n) is 3.36. The number of carbonyl (C=O) groups is 1. The number of fused-ring (bicyclic) bond motifs is 1. The molecule has 134 valence electrons. The Morgan fingerprint density at radius 1 is 1.15 bits per heavy atom. The van der Waals surface area contributed by atoms with Crippen LogP contribution in [0, 0.1) is 11.6 Å². The van der Waals surface area contributed by atoms with Gasteiger partial charge in [0.2, 0.25) is 0 Å². The molecule has 2 aromatic heterocycles. The van der Waals surface area contributed by atoms with E-state index in [1.165, 1.54) is 12.1 Å². The van der Waals surface area contributed by atoms with Crippen molar-refractivity contribution in [1.82, 2.24) is 14.9 Å². The number of hydrogen-bond acceptors (Lipinski definition) is 3. The first-order valence-corrected chi connectivity index (χ1v) is 8.54. The van der Waals surface area contributed by atoms with Gasteiger partial charge in [-0.2, -0.15) is 0 Å².